The first-order chi connectivity index (χ1) is 15.0. The molecule has 0 saturated heterocycles. The standard InChI is InChI=1S/C24H55PSi2.C3H9N/c1-4-7-10-13-16-19-22-25(27-26,23-20-17-14-11-8-5-2)24-21-18-15-12-9-6-3;1-4(2)3/h4-24,26-27H2,1-3H3;1-3H3/q+1;. The SMILES string of the molecule is CCCCCCCC[P+](CCCCCCCC)(CCCCCCCC)[SiH2][SiH2].CN(C)C. The minimum atomic E-state index is -0.493. The van der Waals surface area contributed by atoms with E-state index in [-0.39, 0.29) is 8.70 Å². The summed E-state index contributed by atoms with van der Waals surface area (Å²) in [6.07, 6.45) is 31.9. The summed E-state index contributed by atoms with van der Waals surface area (Å²) in [5, 5.41) is 0. The second-order valence-corrected chi connectivity index (χ2v) is 24.2. The van der Waals surface area contributed by atoms with Crippen molar-refractivity contribution in [2.75, 3.05) is 39.6 Å². The lowest BCUT2D eigenvalue weighted by atomic mass is 10.1. The zero-order valence-corrected chi connectivity index (χ0v) is 26.9. The average molecular weight is 490 g/mol. The van der Waals surface area contributed by atoms with E-state index in [0.29, 0.717) is 0 Å². The molecule has 0 heterocycles. The topological polar surface area (TPSA) is 3.24 Å². The number of unbranched alkanes of at least 4 members (excludes halogenated alkanes) is 15. The van der Waals surface area contributed by atoms with Crippen LogP contribution >= 0.6 is 6.81 Å². The third-order valence-corrected chi connectivity index (χ3v) is 25.4. The van der Waals surface area contributed by atoms with Crippen LogP contribution in [0.25, 0.3) is 0 Å². The van der Waals surface area contributed by atoms with Gasteiger partial charge in [0.25, 0.3) is 0 Å². The van der Waals surface area contributed by atoms with E-state index in [1.165, 1.54) is 96.3 Å². The van der Waals surface area contributed by atoms with Crippen LogP contribution in [0.1, 0.15) is 136 Å². The van der Waals surface area contributed by atoms with Gasteiger partial charge in [0.15, 0.2) is 8.70 Å². The van der Waals surface area contributed by atoms with Crippen molar-refractivity contribution in [1.82, 2.24) is 4.90 Å². The van der Waals surface area contributed by atoms with Crippen LogP contribution in [-0.2, 0) is 0 Å². The Balaban J connectivity index is 0. The van der Waals surface area contributed by atoms with Crippen LogP contribution in [0.5, 0.6) is 0 Å². The van der Waals surface area contributed by atoms with Gasteiger partial charge >= 0.3 is 0 Å². The predicted octanol–water partition coefficient (Wildman–Crippen LogP) is 7.90. The van der Waals surface area contributed by atoms with Crippen molar-refractivity contribution < 1.29 is 0 Å². The molecule has 0 bridgehead atoms. The van der Waals surface area contributed by atoms with Crippen molar-refractivity contribution in [2.45, 2.75) is 136 Å². The fourth-order valence-electron chi connectivity index (χ4n) is 4.35. The Kier molecular flexibility index (Phi) is 29.7. The van der Waals surface area contributed by atoms with Crippen LogP contribution in [0.4, 0.5) is 0 Å². The first kappa shape index (κ1) is 34.0. The van der Waals surface area contributed by atoms with E-state index in [4.69, 9.17) is 0 Å². The van der Waals surface area contributed by atoms with Crippen LogP contribution in [0.3, 0.4) is 0 Å². The summed E-state index contributed by atoms with van der Waals surface area (Å²) in [6.45, 7) is 6.51. The minimum absolute atomic E-state index is 0.228. The zero-order valence-electron chi connectivity index (χ0n) is 23.2. The Bertz CT molecular complexity index is 283. The average Bonchev–Trinajstić information content (AvgIpc) is 2.74. The van der Waals surface area contributed by atoms with Gasteiger partial charge in [-0.3, -0.25) is 0 Å². The van der Waals surface area contributed by atoms with E-state index in [9.17, 15) is 0 Å². The highest BCUT2D eigenvalue weighted by Gasteiger charge is 2.32. The Hall–Kier alpha value is 0.824. The van der Waals surface area contributed by atoms with E-state index in [1.54, 1.807) is 37.7 Å². The van der Waals surface area contributed by atoms with Crippen LogP contribution in [0, 0.1) is 0 Å². The smallest absolute Gasteiger partial charge is 0.175 e. The lowest BCUT2D eigenvalue weighted by molar-refractivity contribution is 0.505. The fraction of sp³-hybridized carbons (Fsp3) is 1.00. The van der Waals surface area contributed by atoms with Crippen LogP contribution in [0.2, 0.25) is 0 Å². The van der Waals surface area contributed by atoms with E-state index < -0.39 is 6.81 Å². The molecule has 0 rings (SSSR count). The van der Waals surface area contributed by atoms with Crippen LogP contribution in [0.15, 0.2) is 0 Å². The lowest BCUT2D eigenvalue weighted by Gasteiger charge is -2.28. The maximum Gasteiger partial charge on any atom is 0.175 e. The van der Waals surface area contributed by atoms with E-state index in [0.717, 1.165) is 0 Å². The first-order valence-electron chi connectivity index (χ1n) is 14.2. The molecule has 0 unspecified atom stereocenters. The summed E-state index contributed by atoms with van der Waals surface area (Å²) >= 11 is 0. The fourth-order valence-corrected chi connectivity index (χ4v) is 18.4. The number of nitrogens with zero attached hydrogens (tertiary/aromatic N) is 1. The van der Waals surface area contributed by atoms with Crippen LogP contribution < -0.4 is 0 Å². The molecule has 0 aromatic carbocycles. The van der Waals surface area contributed by atoms with Gasteiger partial charge in [0.1, 0.15) is 0 Å². The molecular formula is C27H64NPSi2+. The highest BCUT2D eigenvalue weighted by atomic mass is 31.5. The van der Waals surface area contributed by atoms with Crippen molar-refractivity contribution in [1.29, 1.82) is 0 Å². The van der Waals surface area contributed by atoms with E-state index in [2.05, 4.69) is 30.5 Å². The molecule has 31 heavy (non-hydrogen) atoms. The molecule has 0 aliphatic rings. The number of hydrogen-bond acceptors (Lipinski definition) is 1. The molecule has 0 amide bonds. The van der Waals surface area contributed by atoms with E-state index in [1.807, 2.05) is 26.0 Å². The van der Waals surface area contributed by atoms with Gasteiger partial charge < -0.3 is 4.90 Å². The van der Waals surface area contributed by atoms with Gasteiger partial charge in [0.2, 0.25) is 0 Å². The first-order valence-corrected chi connectivity index (χ1v) is 22.7. The van der Waals surface area contributed by atoms with Gasteiger partial charge in [-0.1, -0.05) is 97.8 Å². The van der Waals surface area contributed by atoms with Gasteiger partial charge in [-0.2, -0.15) is 0 Å². The maximum absolute atomic E-state index is 2.46. The summed E-state index contributed by atoms with van der Waals surface area (Å²) in [6, 6.07) is 0. The van der Waals surface area contributed by atoms with Crippen molar-refractivity contribution >= 4 is 25.3 Å². The molecule has 0 aromatic rings. The molecule has 0 saturated carbocycles. The van der Waals surface area contributed by atoms with Gasteiger partial charge in [-0.25, -0.2) is 0 Å². The quantitative estimate of drug-likeness (QED) is 0.0848. The Morgan fingerprint density at radius 1 is 0.484 bits per heavy atom. The summed E-state index contributed by atoms with van der Waals surface area (Å²) in [7, 11) is 8.69. The Morgan fingerprint density at radius 2 is 0.710 bits per heavy atom. The molecule has 0 fully saturated rings. The molecule has 4 heteroatoms. The van der Waals surface area contributed by atoms with Crippen molar-refractivity contribution in [3.8, 4) is 0 Å². The van der Waals surface area contributed by atoms with Gasteiger partial charge in [0, 0.05) is 28.2 Å². The monoisotopic (exact) mass is 489 g/mol. The molecule has 189 valence electrons. The normalized spacial score (nSPS) is 12.0. The van der Waals surface area contributed by atoms with Crippen LogP contribution in [-0.4, -0.2) is 63.0 Å². The van der Waals surface area contributed by atoms with Crippen molar-refractivity contribution in [3.05, 3.63) is 0 Å². The highest BCUT2D eigenvalue weighted by molar-refractivity contribution is 8.05. The molecule has 0 aliphatic heterocycles. The third kappa shape index (κ3) is 27.0. The predicted molar refractivity (Wildman–Crippen MR) is 158 cm³/mol. The summed E-state index contributed by atoms with van der Waals surface area (Å²) in [4.78, 5) is 2.00. The molecule has 0 aromatic heterocycles. The number of rotatable bonds is 22. The molecule has 1 radical (unpaired) electrons. The van der Waals surface area contributed by atoms with Gasteiger partial charge in [-0.15, -0.1) is 0 Å². The molecule has 0 atom stereocenters. The molecule has 1 nitrogen and oxygen atoms in total. The summed E-state index contributed by atoms with van der Waals surface area (Å²) in [5.41, 5.74) is 0. The molecule has 0 spiro atoms. The minimum Gasteiger partial charge on any atom is -0.312 e. The Labute approximate surface area is 205 Å². The summed E-state index contributed by atoms with van der Waals surface area (Å²) < 4.78 is 0. The highest BCUT2D eigenvalue weighted by Crippen LogP contribution is 2.58. The second-order valence-electron chi connectivity index (χ2n) is 10.4. The molecular weight excluding hydrogens is 425 g/mol. The molecule has 0 aliphatic carbocycles. The van der Waals surface area contributed by atoms with Gasteiger partial charge in [-0.05, 0) is 66.5 Å². The van der Waals surface area contributed by atoms with Crippen molar-refractivity contribution in [2.24, 2.45) is 0 Å². The maximum atomic E-state index is 2.46. The van der Waals surface area contributed by atoms with E-state index >= 15 is 0 Å². The zero-order chi connectivity index (χ0) is 23.6. The van der Waals surface area contributed by atoms with Gasteiger partial charge in [0.05, 0.1) is 0 Å². The van der Waals surface area contributed by atoms with Crippen molar-refractivity contribution in [3.63, 3.8) is 0 Å². The summed E-state index contributed by atoms with van der Waals surface area (Å²) in [5.74, 6) is 0. The Morgan fingerprint density at radius 3 is 0.935 bits per heavy atom. The lowest BCUT2D eigenvalue weighted by Crippen LogP contribution is -2.15. The number of hydrogen-bond donors (Lipinski definition) is 0. The largest absolute Gasteiger partial charge is 0.312 e. The molecule has 0 N–H and O–H groups in total. The second kappa shape index (κ2) is 27.1. The third-order valence-electron chi connectivity index (χ3n) is 6.43.